The summed E-state index contributed by atoms with van der Waals surface area (Å²) >= 11 is 0. The van der Waals surface area contributed by atoms with E-state index in [0.717, 1.165) is 19.5 Å². The van der Waals surface area contributed by atoms with E-state index in [1.165, 1.54) is 19.6 Å². The van der Waals surface area contributed by atoms with Gasteiger partial charge in [0.25, 0.3) is 0 Å². The van der Waals surface area contributed by atoms with Gasteiger partial charge in [-0.15, -0.1) is 0 Å². The number of hydrogen-bond donors (Lipinski definition) is 1. The molecule has 0 amide bonds. The molecule has 1 N–H and O–H groups in total. The maximum Gasteiger partial charge on any atom is 0.106 e. The van der Waals surface area contributed by atoms with Crippen molar-refractivity contribution in [3.63, 3.8) is 0 Å². The highest BCUT2D eigenvalue weighted by Crippen LogP contribution is 2.28. The summed E-state index contributed by atoms with van der Waals surface area (Å²) in [6.07, 6.45) is 1.55. The number of nitrogens with zero attached hydrogens (tertiary/aromatic N) is 2. The molecule has 3 nitrogen and oxygen atoms in total. The maximum atomic E-state index is 3.58. The Morgan fingerprint density at radius 2 is 2.00 bits per heavy atom. The van der Waals surface area contributed by atoms with Crippen LogP contribution >= 0.6 is 0 Å². The second-order valence-corrected chi connectivity index (χ2v) is 4.63. The second-order valence-electron chi connectivity index (χ2n) is 4.63. The predicted octanol–water partition coefficient (Wildman–Crippen LogP) is -0.301. The fourth-order valence-electron chi connectivity index (χ4n) is 3.04. The number of rotatable bonds is 0. The number of nitrogens with one attached hydrogen (secondary N) is 1. The molecule has 2 atom stereocenters. The van der Waals surface area contributed by atoms with Gasteiger partial charge in [0.1, 0.15) is 5.54 Å². The molecule has 0 aliphatic carbocycles. The fraction of sp³-hybridized carbons (Fsp3) is 0.818. The third kappa shape index (κ3) is 1.12. The van der Waals surface area contributed by atoms with Crippen LogP contribution in [0.4, 0.5) is 0 Å². The van der Waals surface area contributed by atoms with Gasteiger partial charge in [0, 0.05) is 39.1 Å². The Hall–Kier alpha value is -0.560. The highest BCUT2D eigenvalue weighted by molar-refractivity contribution is 5.24. The summed E-state index contributed by atoms with van der Waals surface area (Å²) in [5.41, 5.74) is 0.00521. The first-order valence-corrected chi connectivity index (χ1v) is 5.53. The van der Waals surface area contributed by atoms with Gasteiger partial charge in [-0.1, -0.05) is 11.8 Å². The molecule has 3 rings (SSSR count). The predicted molar refractivity (Wildman–Crippen MR) is 55.7 cm³/mol. The highest BCUT2D eigenvalue weighted by atomic mass is 15.5. The monoisotopic (exact) mass is 191 g/mol. The molecule has 0 saturated carbocycles. The Kier molecular flexibility index (Phi) is 1.85. The van der Waals surface area contributed by atoms with Crippen molar-refractivity contribution in [2.24, 2.45) is 0 Å². The molecule has 3 heteroatoms. The minimum absolute atomic E-state index is 0.00521. The van der Waals surface area contributed by atoms with Gasteiger partial charge in [0.2, 0.25) is 0 Å². The summed E-state index contributed by atoms with van der Waals surface area (Å²) in [7, 11) is 0. The molecule has 2 saturated heterocycles. The topological polar surface area (TPSA) is 18.5 Å². The van der Waals surface area contributed by atoms with E-state index in [0.29, 0.717) is 6.17 Å². The Morgan fingerprint density at radius 3 is 2.86 bits per heavy atom. The molecule has 0 bridgehead atoms. The van der Waals surface area contributed by atoms with Gasteiger partial charge in [-0.05, 0) is 6.92 Å². The molecule has 14 heavy (non-hydrogen) atoms. The van der Waals surface area contributed by atoms with Crippen LogP contribution in [-0.2, 0) is 0 Å². The molecule has 2 fully saturated rings. The second kappa shape index (κ2) is 2.96. The van der Waals surface area contributed by atoms with E-state index in [1.54, 1.807) is 0 Å². The molecule has 3 aliphatic rings. The van der Waals surface area contributed by atoms with Crippen molar-refractivity contribution in [2.75, 3.05) is 32.7 Å². The average molecular weight is 191 g/mol. The van der Waals surface area contributed by atoms with E-state index in [4.69, 9.17) is 0 Å². The quantitative estimate of drug-likeness (QED) is 0.530. The largest absolute Gasteiger partial charge is 0.298 e. The Morgan fingerprint density at radius 1 is 1.21 bits per heavy atom. The molecule has 0 radical (unpaired) electrons. The van der Waals surface area contributed by atoms with Crippen LogP contribution < -0.4 is 5.32 Å². The molecule has 76 valence electrons. The van der Waals surface area contributed by atoms with Crippen molar-refractivity contribution >= 4 is 0 Å². The maximum absolute atomic E-state index is 3.58. The lowest BCUT2D eigenvalue weighted by atomic mass is 9.96. The van der Waals surface area contributed by atoms with Crippen LogP contribution in [0.5, 0.6) is 0 Å². The zero-order valence-electron chi connectivity index (χ0n) is 8.71. The van der Waals surface area contributed by atoms with Crippen molar-refractivity contribution in [1.82, 2.24) is 15.1 Å². The van der Waals surface area contributed by atoms with Crippen molar-refractivity contribution in [1.29, 1.82) is 0 Å². The van der Waals surface area contributed by atoms with E-state index in [1.807, 2.05) is 0 Å². The molecule has 0 unspecified atom stereocenters. The standard InChI is InChI=1S/C11H17N3/c1-11-4-2-3-6-13-8-9-14(10(11)13)7-5-12-11/h10,12H,3,5-9H2,1H3/t10-,11-/m1/s1. The van der Waals surface area contributed by atoms with Crippen molar-refractivity contribution in [3.05, 3.63) is 0 Å². The third-order valence-electron chi connectivity index (χ3n) is 3.65. The minimum atomic E-state index is 0.00521. The van der Waals surface area contributed by atoms with E-state index < -0.39 is 0 Å². The molecule has 3 heterocycles. The van der Waals surface area contributed by atoms with Crippen LogP contribution in [0.1, 0.15) is 13.3 Å². The van der Waals surface area contributed by atoms with Crippen molar-refractivity contribution in [2.45, 2.75) is 25.0 Å². The zero-order chi connectivity index (χ0) is 9.60. The molecular weight excluding hydrogens is 174 g/mol. The summed E-state index contributed by atoms with van der Waals surface area (Å²) in [6.45, 7) is 8.09. The van der Waals surface area contributed by atoms with E-state index in [2.05, 4.69) is 33.9 Å². The molecular formula is C11H17N3. The lowest BCUT2D eigenvalue weighted by molar-refractivity contribution is 0.0493. The Labute approximate surface area is 85.4 Å². The van der Waals surface area contributed by atoms with E-state index in [-0.39, 0.29) is 5.54 Å². The number of hydrogen-bond acceptors (Lipinski definition) is 3. The summed E-state index contributed by atoms with van der Waals surface area (Å²) in [5, 5.41) is 3.58. The minimum Gasteiger partial charge on any atom is -0.298 e. The van der Waals surface area contributed by atoms with E-state index in [9.17, 15) is 0 Å². The summed E-state index contributed by atoms with van der Waals surface area (Å²) in [6, 6.07) is 0. The van der Waals surface area contributed by atoms with Crippen LogP contribution in [0.3, 0.4) is 0 Å². The lowest BCUT2D eigenvalue weighted by Gasteiger charge is -2.44. The normalized spacial score (nSPS) is 42.5. The Bertz CT molecular complexity index is 303. The van der Waals surface area contributed by atoms with Gasteiger partial charge in [0.15, 0.2) is 0 Å². The number of piperazine rings is 1. The highest BCUT2D eigenvalue weighted by Gasteiger charge is 2.47. The van der Waals surface area contributed by atoms with Crippen LogP contribution in [0.2, 0.25) is 0 Å². The van der Waals surface area contributed by atoms with Crippen LogP contribution in [0.25, 0.3) is 0 Å². The third-order valence-corrected chi connectivity index (χ3v) is 3.65. The fourth-order valence-corrected chi connectivity index (χ4v) is 3.04. The zero-order valence-corrected chi connectivity index (χ0v) is 8.71. The summed E-state index contributed by atoms with van der Waals surface area (Å²) in [4.78, 5) is 5.15. The summed E-state index contributed by atoms with van der Waals surface area (Å²) in [5.74, 6) is 6.71. The SMILES string of the molecule is C[C@]12C#CCCN3CCN(CCN1)[C@@H]32. The molecule has 3 aliphatic heterocycles. The first kappa shape index (κ1) is 8.72. The van der Waals surface area contributed by atoms with Gasteiger partial charge in [-0.25, -0.2) is 0 Å². The molecule has 0 aromatic rings. The first-order valence-electron chi connectivity index (χ1n) is 5.53. The first-order chi connectivity index (χ1) is 6.80. The molecule has 0 aromatic heterocycles. The smallest absolute Gasteiger partial charge is 0.106 e. The summed E-state index contributed by atoms with van der Waals surface area (Å²) < 4.78 is 0. The Balaban J connectivity index is 1.99. The molecule has 0 spiro atoms. The van der Waals surface area contributed by atoms with Gasteiger partial charge in [-0.3, -0.25) is 15.1 Å². The van der Waals surface area contributed by atoms with Gasteiger partial charge in [-0.2, -0.15) is 0 Å². The van der Waals surface area contributed by atoms with Gasteiger partial charge in [0.05, 0.1) is 6.17 Å². The van der Waals surface area contributed by atoms with Gasteiger partial charge < -0.3 is 0 Å². The van der Waals surface area contributed by atoms with Gasteiger partial charge >= 0.3 is 0 Å². The average Bonchev–Trinajstić information content (AvgIpc) is 2.49. The van der Waals surface area contributed by atoms with Crippen molar-refractivity contribution in [3.8, 4) is 11.8 Å². The van der Waals surface area contributed by atoms with E-state index >= 15 is 0 Å². The van der Waals surface area contributed by atoms with Crippen molar-refractivity contribution < 1.29 is 0 Å². The lowest BCUT2D eigenvalue weighted by Crippen LogP contribution is -2.66. The van der Waals surface area contributed by atoms with Crippen LogP contribution in [-0.4, -0.2) is 54.2 Å². The molecule has 0 aromatic carbocycles. The van der Waals surface area contributed by atoms with Crippen LogP contribution in [0, 0.1) is 11.8 Å². The van der Waals surface area contributed by atoms with Crippen LogP contribution in [0.15, 0.2) is 0 Å².